The number of rotatable bonds is 10. The molecule has 0 bridgehead atoms. The smallest absolute Gasteiger partial charge is 0.317 e. The fourth-order valence-corrected chi connectivity index (χ4v) is 1.88. The van der Waals surface area contributed by atoms with E-state index in [0.717, 1.165) is 13.1 Å². The van der Waals surface area contributed by atoms with Crippen LogP contribution in [0, 0.1) is 11.8 Å². The highest BCUT2D eigenvalue weighted by Gasteiger charge is 2.15. The molecule has 0 aliphatic carbocycles. The van der Waals surface area contributed by atoms with Crippen LogP contribution in [-0.4, -0.2) is 67.2 Å². The molecule has 0 radical (unpaired) electrons. The van der Waals surface area contributed by atoms with E-state index in [0.29, 0.717) is 31.8 Å². The molecule has 0 aromatic carbocycles. The molecular formula is C15H31N3O3. The van der Waals surface area contributed by atoms with Crippen molar-refractivity contribution >= 4 is 12.0 Å². The van der Waals surface area contributed by atoms with Crippen molar-refractivity contribution in [3.05, 3.63) is 0 Å². The fourth-order valence-electron chi connectivity index (χ4n) is 1.88. The maximum Gasteiger partial charge on any atom is 0.317 e. The van der Waals surface area contributed by atoms with Gasteiger partial charge in [0, 0.05) is 26.2 Å². The maximum absolute atomic E-state index is 12.1. The van der Waals surface area contributed by atoms with Crippen LogP contribution in [0.3, 0.4) is 0 Å². The van der Waals surface area contributed by atoms with E-state index in [1.807, 2.05) is 19.0 Å². The summed E-state index contributed by atoms with van der Waals surface area (Å²) in [6.07, 6.45) is 1.26. The van der Waals surface area contributed by atoms with Crippen LogP contribution < -0.4 is 5.32 Å². The minimum atomic E-state index is -0.784. The van der Waals surface area contributed by atoms with Crippen LogP contribution in [0.4, 0.5) is 4.79 Å². The van der Waals surface area contributed by atoms with E-state index in [1.165, 1.54) is 0 Å². The number of nitrogens with one attached hydrogen (secondary N) is 1. The summed E-state index contributed by atoms with van der Waals surface area (Å²) in [4.78, 5) is 26.7. The van der Waals surface area contributed by atoms with E-state index in [1.54, 1.807) is 6.92 Å². The molecule has 0 aliphatic rings. The Morgan fingerprint density at radius 3 is 2.24 bits per heavy atom. The molecule has 21 heavy (non-hydrogen) atoms. The third-order valence-corrected chi connectivity index (χ3v) is 3.20. The molecule has 0 heterocycles. The molecule has 0 spiro atoms. The summed E-state index contributed by atoms with van der Waals surface area (Å²) in [6.45, 7) is 8.64. The minimum absolute atomic E-state index is 0.0615. The van der Waals surface area contributed by atoms with Gasteiger partial charge >= 0.3 is 12.0 Å². The second-order valence-corrected chi connectivity index (χ2v) is 6.26. The predicted molar refractivity (Wildman–Crippen MR) is 84.4 cm³/mol. The van der Waals surface area contributed by atoms with Crippen molar-refractivity contribution in [2.24, 2.45) is 11.8 Å². The van der Waals surface area contributed by atoms with Crippen LogP contribution in [0.5, 0.6) is 0 Å². The number of likely N-dealkylation sites (N-methyl/N-ethyl adjacent to an activating group) is 1. The summed E-state index contributed by atoms with van der Waals surface area (Å²) in [7, 11) is 3.97. The Morgan fingerprint density at radius 2 is 1.76 bits per heavy atom. The Kier molecular flexibility index (Phi) is 9.78. The summed E-state index contributed by atoms with van der Waals surface area (Å²) < 4.78 is 0. The highest BCUT2D eigenvalue weighted by Crippen LogP contribution is 2.05. The predicted octanol–water partition coefficient (Wildman–Crippen LogP) is 1.72. The van der Waals surface area contributed by atoms with Crippen molar-refractivity contribution in [3.8, 4) is 0 Å². The van der Waals surface area contributed by atoms with E-state index in [-0.39, 0.29) is 11.9 Å². The Balaban J connectivity index is 4.12. The van der Waals surface area contributed by atoms with Gasteiger partial charge in [0.15, 0.2) is 0 Å². The zero-order chi connectivity index (χ0) is 16.4. The van der Waals surface area contributed by atoms with Crippen LogP contribution in [0.15, 0.2) is 0 Å². The molecule has 0 saturated carbocycles. The summed E-state index contributed by atoms with van der Waals surface area (Å²) in [5.74, 6) is -0.721. The monoisotopic (exact) mass is 301 g/mol. The van der Waals surface area contributed by atoms with Crippen molar-refractivity contribution in [1.82, 2.24) is 15.1 Å². The molecule has 0 rings (SSSR count). The number of aliphatic carboxylic acids is 1. The minimum Gasteiger partial charge on any atom is -0.481 e. The number of hydrogen-bond donors (Lipinski definition) is 2. The summed E-state index contributed by atoms with van der Waals surface area (Å²) in [5.41, 5.74) is 0. The third-order valence-electron chi connectivity index (χ3n) is 3.20. The van der Waals surface area contributed by atoms with Gasteiger partial charge < -0.3 is 20.2 Å². The normalized spacial score (nSPS) is 12.5. The van der Waals surface area contributed by atoms with Gasteiger partial charge in [-0.1, -0.05) is 20.8 Å². The number of carbonyl (C=O) groups excluding carboxylic acids is 1. The fraction of sp³-hybridized carbons (Fsp3) is 0.867. The van der Waals surface area contributed by atoms with E-state index in [4.69, 9.17) is 5.11 Å². The Hall–Kier alpha value is -1.30. The topological polar surface area (TPSA) is 72.9 Å². The van der Waals surface area contributed by atoms with E-state index >= 15 is 0 Å². The second-order valence-electron chi connectivity index (χ2n) is 6.26. The number of carbonyl (C=O) groups is 2. The lowest BCUT2D eigenvalue weighted by Crippen LogP contribution is -2.45. The second kappa shape index (κ2) is 10.4. The van der Waals surface area contributed by atoms with E-state index in [2.05, 4.69) is 24.1 Å². The first kappa shape index (κ1) is 19.7. The van der Waals surface area contributed by atoms with Crippen molar-refractivity contribution in [1.29, 1.82) is 0 Å². The van der Waals surface area contributed by atoms with Crippen LogP contribution in [0.1, 0.15) is 33.6 Å². The van der Waals surface area contributed by atoms with Crippen LogP contribution >= 0.6 is 0 Å². The largest absolute Gasteiger partial charge is 0.481 e. The highest BCUT2D eigenvalue weighted by atomic mass is 16.4. The van der Waals surface area contributed by atoms with E-state index in [9.17, 15) is 9.59 Å². The number of hydrogen-bond acceptors (Lipinski definition) is 3. The van der Waals surface area contributed by atoms with Crippen molar-refractivity contribution in [2.75, 3.05) is 40.3 Å². The van der Waals surface area contributed by atoms with E-state index < -0.39 is 5.97 Å². The van der Waals surface area contributed by atoms with Gasteiger partial charge in [0.1, 0.15) is 0 Å². The van der Waals surface area contributed by atoms with Crippen molar-refractivity contribution in [2.45, 2.75) is 33.6 Å². The third kappa shape index (κ3) is 10.1. The van der Waals surface area contributed by atoms with Gasteiger partial charge in [0.2, 0.25) is 0 Å². The first-order chi connectivity index (χ1) is 9.73. The van der Waals surface area contributed by atoms with Crippen molar-refractivity contribution < 1.29 is 14.7 Å². The molecular weight excluding hydrogens is 270 g/mol. The maximum atomic E-state index is 12.1. The zero-order valence-electron chi connectivity index (χ0n) is 14.1. The SMILES string of the molecule is CC(C)CN(CCN(C)C)C(=O)NCCCC(C)C(=O)O. The van der Waals surface area contributed by atoms with Gasteiger partial charge in [-0.3, -0.25) is 4.79 Å². The van der Waals surface area contributed by atoms with Gasteiger partial charge in [-0.25, -0.2) is 4.79 Å². The molecule has 6 nitrogen and oxygen atoms in total. The summed E-state index contributed by atoms with van der Waals surface area (Å²) >= 11 is 0. The first-order valence-electron chi connectivity index (χ1n) is 7.64. The zero-order valence-corrected chi connectivity index (χ0v) is 14.1. The van der Waals surface area contributed by atoms with Gasteiger partial charge in [-0.05, 0) is 32.9 Å². The summed E-state index contributed by atoms with van der Waals surface area (Å²) in [6, 6.07) is -0.0615. The Labute approximate surface area is 128 Å². The van der Waals surface area contributed by atoms with Crippen LogP contribution in [-0.2, 0) is 4.79 Å². The molecule has 2 amide bonds. The average molecular weight is 301 g/mol. The number of carboxylic acid groups (broad SMARTS) is 1. The number of nitrogens with zero attached hydrogens (tertiary/aromatic N) is 2. The lowest BCUT2D eigenvalue weighted by atomic mass is 10.1. The molecule has 124 valence electrons. The Morgan fingerprint density at radius 1 is 1.14 bits per heavy atom. The van der Waals surface area contributed by atoms with Gasteiger partial charge in [0.05, 0.1) is 5.92 Å². The lowest BCUT2D eigenvalue weighted by molar-refractivity contribution is -0.141. The average Bonchev–Trinajstić information content (AvgIpc) is 2.38. The van der Waals surface area contributed by atoms with Gasteiger partial charge in [-0.2, -0.15) is 0 Å². The molecule has 2 N–H and O–H groups in total. The standard InChI is InChI=1S/C15H31N3O3/c1-12(2)11-18(10-9-17(4)5)15(21)16-8-6-7-13(3)14(19)20/h12-13H,6-11H2,1-5H3,(H,16,21)(H,19,20). The lowest BCUT2D eigenvalue weighted by Gasteiger charge is -2.26. The number of amides is 2. The van der Waals surface area contributed by atoms with Gasteiger partial charge in [0.25, 0.3) is 0 Å². The molecule has 0 aromatic rings. The number of carboxylic acids is 1. The highest BCUT2D eigenvalue weighted by molar-refractivity contribution is 5.74. The molecule has 1 atom stereocenters. The Bertz CT molecular complexity index is 319. The van der Waals surface area contributed by atoms with Crippen LogP contribution in [0.25, 0.3) is 0 Å². The molecule has 0 aliphatic heterocycles. The quantitative estimate of drug-likeness (QED) is 0.603. The molecule has 1 unspecified atom stereocenters. The van der Waals surface area contributed by atoms with Gasteiger partial charge in [-0.15, -0.1) is 0 Å². The molecule has 6 heteroatoms. The first-order valence-corrected chi connectivity index (χ1v) is 7.64. The summed E-state index contributed by atoms with van der Waals surface area (Å²) in [5, 5.41) is 11.7. The molecule has 0 aromatic heterocycles. The molecule has 0 saturated heterocycles. The van der Waals surface area contributed by atoms with Crippen LogP contribution in [0.2, 0.25) is 0 Å². The molecule has 0 fully saturated rings. The number of urea groups is 1. The van der Waals surface area contributed by atoms with Crippen molar-refractivity contribution in [3.63, 3.8) is 0 Å².